The van der Waals surface area contributed by atoms with Gasteiger partial charge < -0.3 is 9.88 Å². The van der Waals surface area contributed by atoms with Crippen LogP contribution < -0.4 is 16.0 Å². The van der Waals surface area contributed by atoms with Crippen LogP contribution in [0.4, 0.5) is 0 Å². The number of hydrogen-bond acceptors (Lipinski definition) is 1. The van der Waals surface area contributed by atoms with E-state index < -0.39 is 0 Å². The van der Waals surface area contributed by atoms with E-state index in [-0.39, 0.29) is 0 Å². The van der Waals surface area contributed by atoms with Crippen molar-refractivity contribution >= 4 is 13.2 Å². The minimum atomic E-state index is 1.01. The highest BCUT2D eigenvalue weighted by Gasteiger charge is 1.96. The van der Waals surface area contributed by atoms with Gasteiger partial charge >= 0.3 is 0 Å². The molecule has 2 heteroatoms. The zero-order valence-corrected chi connectivity index (χ0v) is 10.5. The summed E-state index contributed by atoms with van der Waals surface area (Å²) in [4.78, 5) is 0. The molecule has 0 saturated carbocycles. The van der Waals surface area contributed by atoms with Crippen molar-refractivity contribution in [2.24, 2.45) is 0 Å². The predicted molar refractivity (Wildman–Crippen MR) is 75.7 cm³/mol. The van der Waals surface area contributed by atoms with E-state index in [2.05, 4.69) is 36.2 Å². The van der Waals surface area contributed by atoms with Crippen molar-refractivity contribution in [3.8, 4) is 0 Å². The van der Waals surface area contributed by atoms with Crippen LogP contribution in [0.25, 0.3) is 13.2 Å². The van der Waals surface area contributed by atoms with Crippen LogP contribution in [0.3, 0.4) is 0 Å². The van der Waals surface area contributed by atoms with Crippen LogP contribution >= 0.6 is 0 Å². The van der Waals surface area contributed by atoms with Crippen molar-refractivity contribution in [1.29, 1.82) is 0 Å². The molecule has 0 aromatic carbocycles. The van der Waals surface area contributed by atoms with Crippen LogP contribution in [0.1, 0.15) is 25.7 Å². The van der Waals surface area contributed by atoms with Crippen molar-refractivity contribution in [3.63, 3.8) is 0 Å². The molecule has 1 heterocycles. The maximum atomic E-state index is 3.98. The van der Waals surface area contributed by atoms with Crippen molar-refractivity contribution in [2.75, 3.05) is 0 Å². The van der Waals surface area contributed by atoms with E-state index >= 15 is 0 Å². The van der Waals surface area contributed by atoms with E-state index in [4.69, 9.17) is 0 Å². The van der Waals surface area contributed by atoms with Gasteiger partial charge in [0.15, 0.2) is 0 Å². The minimum Gasteiger partial charge on any atom is -0.366 e. The summed E-state index contributed by atoms with van der Waals surface area (Å²) in [6, 6.07) is 4.02. The molecule has 1 aromatic heterocycles. The third-order valence-electron chi connectivity index (χ3n) is 2.83. The lowest BCUT2D eigenvalue weighted by Gasteiger charge is -2.06. The number of aromatic nitrogens is 1. The third-order valence-corrected chi connectivity index (χ3v) is 2.83. The molecule has 17 heavy (non-hydrogen) atoms. The zero-order chi connectivity index (χ0) is 12.7. The van der Waals surface area contributed by atoms with E-state index in [1.807, 2.05) is 12.1 Å². The summed E-state index contributed by atoms with van der Waals surface area (Å²) < 4.78 is 2.16. The second-order valence-electron chi connectivity index (χ2n) is 4.23. The van der Waals surface area contributed by atoms with Gasteiger partial charge in [-0.25, -0.2) is 0 Å². The number of rotatable bonds is 8. The second-order valence-corrected chi connectivity index (χ2v) is 4.23. The SMILES string of the molecule is C=CNC(=C)CCCCCn1c(=C)ccc1=C. The average Bonchev–Trinajstić information content (AvgIpc) is 2.60. The van der Waals surface area contributed by atoms with E-state index in [0.29, 0.717) is 0 Å². The Labute approximate surface area is 104 Å². The molecule has 1 aromatic rings. The van der Waals surface area contributed by atoms with Gasteiger partial charge in [0.25, 0.3) is 0 Å². The molecule has 92 valence electrons. The first-order chi connectivity index (χ1) is 8.15. The summed E-state index contributed by atoms with van der Waals surface area (Å²) in [6.07, 6.45) is 6.17. The second kappa shape index (κ2) is 6.79. The van der Waals surface area contributed by atoms with Crippen LogP contribution in [0.5, 0.6) is 0 Å². The van der Waals surface area contributed by atoms with Crippen LogP contribution in [0.2, 0.25) is 0 Å². The van der Waals surface area contributed by atoms with E-state index in [9.17, 15) is 0 Å². The fourth-order valence-electron chi connectivity index (χ4n) is 1.85. The monoisotopic (exact) mass is 230 g/mol. The van der Waals surface area contributed by atoms with Gasteiger partial charge in [-0.15, -0.1) is 0 Å². The maximum Gasteiger partial charge on any atom is 0.0338 e. The van der Waals surface area contributed by atoms with Gasteiger partial charge in [-0.05, 0) is 37.6 Å². The Hall–Kier alpha value is -1.70. The van der Waals surface area contributed by atoms with Crippen molar-refractivity contribution < 1.29 is 0 Å². The number of hydrogen-bond donors (Lipinski definition) is 1. The standard InChI is InChI=1S/C15H22N2/c1-5-16-13(2)9-7-6-8-12-17-14(3)10-11-15(17)4/h5,10-11,16H,1-4,6-9,12H2. The van der Waals surface area contributed by atoms with Gasteiger partial charge in [0.2, 0.25) is 0 Å². The Morgan fingerprint density at radius 3 is 2.41 bits per heavy atom. The van der Waals surface area contributed by atoms with Crippen LogP contribution in [0, 0.1) is 0 Å². The van der Waals surface area contributed by atoms with E-state index in [1.54, 1.807) is 6.20 Å². The average molecular weight is 230 g/mol. The summed E-state index contributed by atoms with van der Waals surface area (Å²) >= 11 is 0. The first-order valence-corrected chi connectivity index (χ1v) is 6.04. The first-order valence-electron chi connectivity index (χ1n) is 6.04. The Morgan fingerprint density at radius 1 is 1.18 bits per heavy atom. The summed E-state index contributed by atoms with van der Waals surface area (Å²) in [5.74, 6) is 0. The molecule has 0 saturated heterocycles. The molecule has 0 fully saturated rings. The van der Waals surface area contributed by atoms with Crippen LogP contribution in [-0.4, -0.2) is 4.57 Å². The van der Waals surface area contributed by atoms with E-state index in [0.717, 1.165) is 42.2 Å². The van der Waals surface area contributed by atoms with Crippen molar-refractivity contribution in [2.45, 2.75) is 32.2 Å². The fraction of sp³-hybridized carbons (Fsp3) is 0.333. The molecule has 0 amide bonds. The van der Waals surface area contributed by atoms with Gasteiger partial charge in [-0.1, -0.05) is 32.7 Å². The maximum absolute atomic E-state index is 3.98. The molecule has 0 atom stereocenters. The fourth-order valence-corrected chi connectivity index (χ4v) is 1.85. The molecule has 0 spiro atoms. The Bertz CT molecular complexity index is 440. The molecule has 0 radical (unpaired) electrons. The summed E-state index contributed by atoms with van der Waals surface area (Å²) in [5.41, 5.74) is 1.04. The normalized spacial score (nSPS) is 10.1. The zero-order valence-electron chi connectivity index (χ0n) is 10.5. The summed E-state index contributed by atoms with van der Waals surface area (Å²) in [6.45, 7) is 16.5. The Kier molecular flexibility index (Phi) is 5.34. The van der Waals surface area contributed by atoms with Crippen molar-refractivity contribution in [1.82, 2.24) is 9.88 Å². The smallest absolute Gasteiger partial charge is 0.0338 e. The Balaban J connectivity index is 2.21. The summed E-state index contributed by atoms with van der Waals surface area (Å²) in [7, 11) is 0. The van der Waals surface area contributed by atoms with Crippen LogP contribution in [0.15, 0.2) is 37.2 Å². The summed E-state index contributed by atoms with van der Waals surface area (Å²) in [5, 5.41) is 5.11. The lowest BCUT2D eigenvalue weighted by molar-refractivity contribution is 0.570. The molecule has 0 aliphatic carbocycles. The number of nitrogens with zero attached hydrogens (tertiary/aromatic N) is 1. The molecule has 1 N–H and O–H groups in total. The molecule has 0 aliphatic heterocycles. The molecular formula is C15H22N2. The van der Waals surface area contributed by atoms with E-state index in [1.165, 1.54) is 6.42 Å². The molecule has 0 unspecified atom stereocenters. The molecule has 1 rings (SSSR count). The van der Waals surface area contributed by atoms with Crippen molar-refractivity contribution in [3.05, 3.63) is 47.9 Å². The van der Waals surface area contributed by atoms with Gasteiger partial charge in [-0.3, -0.25) is 0 Å². The number of nitrogens with one attached hydrogen (secondary N) is 1. The molecule has 0 bridgehead atoms. The highest BCUT2D eigenvalue weighted by Crippen LogP contribution is 2.05. The minimum absolute atomic E-state index is 1.01. The highest BCUT2D eigenvalue weighted by molar-refractivity contribution is 5.08. The largest absolute Gasteiger partial charge is 0.366 e. The molecule has 0 aliphatic rings. The number of unbranched alkanes of at least 4 members (excludes halogenated alkanes) is 2. The quantitative estimate of drug-likeness (QED) is 0.677. The van der Waals surface area contributed by atoms with Gasteiger partial charge in [0.1, 0.15) is 0 Å². The first kappa shape index (κ1) is 13.4. The highest BCUT2D eigenvalue weighted by atomic mass is 14.9. The van der Waals surface area contributed by atoms with Crippen LogP contribution in [-0.2, 0) is 6.54 Å². The number of allylic oxidation sites excluding steroid dienone is 1. The Morgan fingerprint density at radius 2 is 1.82 bits per heavy atom. The van der Waals surface area contributed by atoms with Gasteiger partial charge in [0, 0.05) is 22.9 Å². The lowest BCUT2D eigenvalue weighted by Crippen LogP contribution is -2.24. The van der Waals surface area contributed by atoms with Gasteiger partial charge in [0.05, 0.1) is 0 Å². The third kappa shape index (κ3) is 4.35. The molecule has 2 nitrogen and oxygen atoms in total. The molecular weight excluding hydrogens is 208 g/mol. The topological polar surface area (TPSA) is 17.0 Å². The predicted octanol–water partition coefficient (Wildman–Crippen LogP) is 2.12. The van der Waals surface area contributed by atoms with Gasteiger partial charge in [-0.2, -0.15) is 0 Å². The lowest BCUT2D eigenvalue weighted by atomic mass is 10.1.